The Kier molecular flexibility index (Phi) is 7.07. The molecular formula is C18H26N2O3. The van der Waals surface area contributed by atoms with E-state index in [0.717, 1.165) is 25.8 Å². The molecule has 23 heavy (non-hydrogen) atoms. The number of benzene rings is 1. The molecule has 1 aliphatic heterocycles. The van der Waals surface area contributed by atoms with Crippen LogP contribution in [-0.4, -0.2) is 47.6 Å². The van der Waals surface area contributed by atoms with Gasteiger partial charge in [-0.05, 0) is 44.2 Å². The van der Waals surface area contributed by atoms with Gasteiger partial charge in [-0.3, -0.25) is 9.59 Å². The number of nitrogens with zero attached hydrogens (tertiary/aromatic N) is 1. The van der Waals surface area contributed by atoms with E-state index in [9.17, 15) is 9.59 Å². The number of aliphatic hydroxyl groups is 1. The predicted octanol–water partition coefficient (Wildman–Crippen LogP) is 1.96. The highest BCUT2D eigenvalue weighted by atomic mass is 16.3. The van der Waals surface area contributed by atoms with Crippen molar-refractivity contribution in [3.63, 3.8) is 0 Å². The number of amides is 2. The van der Waals surface area contributed by atoms with E-state index in [1.807, 2.05) is 23.1 Å². The average Bonchev–Trinajstić information content (AvgIpc) is 2.60. The molecule has 1 aromatic carbocycles. The first kappa shape index (κ1) is 17.5. The normalized spacial score (nSPS) is 17.8. The highest BCUT2D eigenvalue weighted by Gasteiger charge is 2.25. The van der Waals surface area contributed by atoms with E-state index < -0.39 is 0 Å². The van der Waals surface area contributed by atoms with E-state index in [4.69, 9.17) is 5.11 Å². The smallest absolute Gasteiger partial charge is 0.251 e. The van der Waals surface area contributed by atoms with Gasteiger partial charge in [0.25, 0.3) is 5.91 Å². The highest BCUT2D eigenvalue weighted by Crippen LogP contribution is 2.20. The van der Waals surface area contributed by atoms with Crippen molar-refractivity contribution < 1.29 is 14.7 Å². The lowest BCUT2D eigenvalue weighted by Crippen LogP contribution is -2.44. The zero-order valence-electron chi connectivity index (χ0n) is 13.5. The molecule has 5 heteroatoms. The monoisotopic (exact) mass is 318 g/mol. The van der Waals surface area contributed by atoms with E-state index in [1.165, 1.54) is 0 Å². The molecule has 2 amide bonds. The standard InChI is InChI=1S/C18H26N2O3/c21-14-11-16-9-4-5-13-20(16)17(22)10-6-12-19-18(23)15-7-2-1-3-8-15/h1-3,7-8,16,21H,4-6,9-14H2,(H,19,23). The summed E-state index contributed by atoms with van der Waals surface area (Å²) in [6, 6.07) is 9.25. The maximum Gasteiger partial charge on any atom is 0.251 e. The summed E-state index contributed by atoms with van der Waals surface area (Å²) in [5.41, 5.74) is 0.637. The third kappa shape index (κ3) is 5.36. The summed E-state index contributed by atoms with van der Waals surface area (Å²) in [6.45, 7) is 1.42. The van der Waals surface area contributed by atoms with Crippen molar-refractivity contribution in [1.82, 2.24) is 10.2 Å². The maximum absolute atomic E-state index is 12.3. The first-order valence-corrected chi connectivity index (χ1v) is 8.46. The van der Waals surface area contributed by atoms with Gasteiger partial charge in [0.2, 0.25) is 5.91 Å². The van der Waals surface area contributed by atoms with Crippen molar-refractivity contribution in [1.29, 1.82) is 0 Å². The van der Waals surface area contributed by atoms with Gasteiger partial charge in [0.15, 0.2) is 0 Å². The van der Waals surface area contributed by atoms with E-state index in [2.05, 4.69) is 5.32 Å². The molecule has 0 aliphatic carbocycles. The molecule has 1 saturated heterocycles. The Hall–Kier alpha value is -1.88. The first-order valence-electron chi connectivity index (χ1n) is 8.46. The van der Waals surface area contributed by atoms with Gasteiger partial charge < -0.3 is 15.3 Å². The number of likely N-dealkylation sites (tertiary alicyclic amines) is 1. The van der Waals surface area contributed by atoms with E-state index in [-0.39, 0.29) is 24.5 Å². The van der Waals surface area contributed by atoms with Gasteiger partial charge in [-0.15, -0.1) is 0 Å². The molecule has 126 valence electrons. The van der Waals surface area contributed by atoms with Crippen molar-refractivity contribution in [3.05, 3.63) is 35.9 Å². The van der Waals surface area contributed by atoms with Crippen LogP contribution in [0, 0.1) is 0 Å². The van der Waals surface area contributed by atoms with Crippen molar-refractivity contribution in [3.8, 4) is 0 Å². The second-order valence-corrected chi connectivity index (χ2v) is 5.97. The Labute approximate surface area is 137 Å². The van der Waals surface area contributed by atoms with Crippen molar-refractivity contribution in [2.75, 3.05) is 19.7 Å². The number of hydrogen-bond donors (Lipinski definition) is 2. The van der Waals surface area contributed by atoms with Crippen molar-refractivity contribution in [2.45, 2.75) is 44.6 Å². The van der Waals surface area contributed by atoms with Crippen LogP contribution in [0.3, 0.4) is 0 Å². The lowest BCUT2D eigenvalue weighted by Gasteiger charge is -2.35. The van der Waals surface area contributed by atoms with E-state index >= 15 is 0 Å². The summed E-state index contributed by atoms with van der Waals surface area (Å²) in [7, 11) is 0. The first-order chi connectivity index (χ1) is 11.2. The number of nitrogens with one attached hydrogen (secondary N) is 1. The molecule has 1 heterocycles. The van der Waals surface area contributed by atoms with Crippen LogP contribution in [0.1, 0.15) is 48.9 Å². The SMILES string of the molecule is O=C(NCCCC(=O)N1CCCCC1CCO)c1ccccc1. The second kappa shape index (κ2) is 9.30. The number of hydrogen-bond acceptors (Lipinski definition) is 3. The van der Waals surface area contributed by atoms with Gasteiger partial charge in [0, 0.05) is 37.7 Å². The van der Waals surface area contributed by atoms with Gasteiger partial charge in [-0.2, -0.15) is 0 Å². The fraction of sp³-hybridized carbons (Fsp3) is 0.556. The van der Waals surface area contributed by atoms with Crippen LogP contribution < -0.4 is 5.32 Å². The molecule has 2 rings (SSSR count). The van der Waals surface area contributed by atoms with Gasteiger partial charge >= 0.3 is 0 Å². The summed E-state index contributed by atoms with van der Waals surface area (Å²) in [4.78, 5) is 26.1. The molecule has 0 radical (unpaired) electrons. The molecule has 0 bridgehead atoms. The fourth-order valence-electron chi connectivity index (χ4n) is 3.05. The Morgan fingerprint density at radius 3 is 2.74 bits per heavy atom. The zero-order valence-corrected chi connectivity index (χ0v) is 13.5. The number of carbonyl (C=O) groups excluding carboxylic acids is 2. The Bertz CT molecular complexity index is 502. The highest BCUT2D eigenvalue weighted by molar-refractivity contribution is 5.94. The lowest BCUT2D eigenvalue weighted by atomic mass is 9.99. The molecule has 5 nitrogen and oxygen atoms in total. The van der Waals surface area contributed by atoms with Crippen LogP contribution >= 0.6 is 0 Å². The van der Waals surface area contributed by atoms with Crippen LogP contribution in [0.15, 0.2) is 30.3 Å². The quantitative estimate of drug-likeness (QED) is 0.755. The van der Waals surface area contributed by atoms with Gasteiger partial charge in [-0.25, -0.2) is 0 Å². The van der Waals surface area contributed by atoms with Crippen LogP contribution in [-0.2, 0) is 4.79 Å². The molecule has 2 N–H and O–H groups in total. The second-order valence-electron chi connectivity index (χ2n) is 5.97. The molecule has 0 saturated carbocycles. The molecule has 1 aliphatic rings. The molecule has 1 atom stereocenters. The minimum Gasteiger partial charge on any atom is -0.396 e. The maximum atomic E-state index is 12.3. The largest absolute Gasteiger partial charge is 0.396 e. The summed E-state index contributed by atoms with van der Waals surface area (Å²) >= 11 is 0. The number of carbonyl (C=O) groups is 2. The van der Waals surface area contributed by atoms with E-state index in [0.29, 0.717) is 31.4 Å². The topological polar surface area (TPSA) is 69.6 Å². The van der Waals surface area contributed by atoms with Crippen LogP contribution in [0.2, 0.25) is 0 Å². The van der Waals surface area contributed by atoms with Gasteiger partial charge in [0.05, 0.1) is 0 Å². The Morgan fingerprint density at radius 2 is 2.00 bits per heavy atom. The van der Waals surface area contributed by atoms with Crippen LogP contribution in [0.4, 0.5) is 0 Å². The molecular weight excluding hydrogens is 292 g/mol. The average molecular weight is 318 g/mol. The molecule has 0 aromatic heterocycles. The number of rotatable bonds is 7. The molecule has 1 unspecified atom stereocenters. The van der Waals surface area contributed by atoms with Crippen molar-refractivity contribution >= 4 is 11.8 Å². The van der Waals surface area contributed by atoms with E-state index in [1.54, 1.807) is 12.1 Å². The van der Waals surface area contributed by atoms with Crippen LogP contribution in [0.25, 0.3) is 0 Å². The third-order valence-electron chi connectivity index (χ3n) is 4.30. The summed E-state index contributed by atoms with van der Waals surface area (Å²) in [5.74, 6) is 0.0336. The molecule has 0 spiro atoms. The Balaban J connectivity index is 1.71. The van der Waals surface area contributed by atoms with Gasteiger partial charge in [0.1, 0.15) is 0 Å². The summed E-state index contributed by atoms with van der Waals surface area (Å²) in [6.07, 6.45) is 4.89. The zero-order chi connectivity index (χ0) is 16.5. The molecule has 1 fully saturated rings. The predicted molar refractivity (Wildman–Crippen MR) is 89.1 cm³/mol. The Morgan fingerprint density at radius 1 is 1.22 bits per heavy atom. The lowest BCUT2D eigenvalue weighted by molar-refractivity contribution is -0.135. The minimum absolute atomic E-state index is 0.103. The number of aliphatic hydroxyl groups excluding tert-OH is 1. The third-order valence-corrected chi connectivity index (χ3v) is 4.30. The summed E-state index contributed by atoms with van der Waals surface area (Å²) < 4.78 is 0. The minimum atomic E-state index is -0.103. The molecule has 1 aromatic rings. The van der Waals surface area contributed by atoms with Crippen LogP contribution in [0.5, 0.6) is 0 Å². The fourth-order valence-corrected chi connectivity index (χ4v) is 3.05. The van der Waals surface area contributed by atoms with Gasteiger partial charge in [-0.1, -0.05) is 18.2 Å². The number of piperidine rings is 1. The summed E-state index contributed by atoms with van der Waals surface area (Å²) in [5, 5.41) is 12.0. The van der Waals surface area contributed by atoms with Crippen molar-refractivity contribution in [2.24, 2.45) is 0 Å².